The number of nitrogen functional groups attached to an aromatic ring is 1. The fraction of sp³-hybridized carbons (Fsp3) is 0.545. The van der Waals surface area contributed by atoms with Crippen molar-refractivity contribution in [3.8, 4) is 0 Å². The summed E-state index contributed by atoms with van der Waals surface area (Å²) >= 11 is 1.73. The SMILES string of the molecule is N=C(N)c1nccnc1SC1CCCCC1. The Bertz CT molecular complexity index is 374. The monoisotopic (exact) mass is 236 g/mol. The third kappa shape index (κ3) is 2.72. The predicted molar refractivity (Wildman–Crippen MR) is 65.8 cm³/mol. The summed E-state index contributed by atoms with van der Waals surface area (Å²) in [6.07, 6.45) is 9.66. The highest BCUT2D eigenvalue weighted by molar-refractivity contribution is 7.99. The van der Waals surface area contributed by atoms with Crippen LogP contribution in [0.1, 0.15) is 37.8 Å². The van der Waals surface area contributed by atoms with Gasteiger partial charge in [-0.2, -0.15) is 0 Å². The van der Waals surface area contributed by atoms with Gasteiger partial charge in [0.25, 0.3) is 0 Å². The minimum absolute atomic E-state index is 0.00593. The van der Waals surface area contributed by atoms with Crippen molar-refractivity contribution in [3.63, 3.8) is 0 Å². The molecule has 0 radical (unpaired) electrons. The molecule has 1 aliphatic carbocycles. The third-order valence-electron chi connectivity index (χ3n) is 2.75. The van der Waals surface area contributed by atoms with Crippen LogP contribution in [0.3, 0.4) is 0 Å². The van der Waals surface area contributed by atoms with Gasteiger partial charge in [-0.15, -0.1) is 11.8 Å². The second-order valence-corrected chi connectivity index (χ2v) is 5.29. The number of hydrogen-bond donors (Lipinski definition) is 2. The van der Waals surface area contributed by atoms with Crippen LogP contribution in [0.15, 0.2) is 17.4 Å². The molecule has 0 spiro atoms. The van der Waals surface area contributed by atoms with E-state index >= 15 is 0 Å². The van der Waals surface area contributed by atoms with Gasteiger partial charge >= 0.3 is 0 Å². The van der Waals surface area contributed by atoms with Gasteiger partial charge in [0.1, 0.15) is 16.6 Å². The van der Waals surface area contributed by atoms with Gasteiger partial charge in [0, 0.05) is 17.6 Å². The highest BCUT2D eigenvalue weighted by Crippen LogP contribution is 2.33. The largest absolute Gasteiger partial charge is 0.382 e. The van der Waals surface area contributed by atoms with Crippen LogP contribution in [0.2, 0.25) is 0 Å². The summed E-state index contributed by atoms with van der Waals surface area (Å²) in [6.45, 7) is 0. The van der Waals surface area contributed by atoms with Crippen LogP contribution < -0.4 is 5.73 Å². The van der Waals surface area contributed by atoms with Crippen LogP contribution in [-0.4, -0.2) is 21.1 Å². The lowest BCUT2D eigenvalue weighted by Gasteiger charge is -2.20. The van der Waals surface area contributed by atoms with Crippen molar-refractivity contribution in [3.05, 3.63) is 18.1 Å². The molecule has 3 N–H and O–H groups in total. The molecule has 4 nitrogen and oxygen atoms in total. The molecule has 1 aromatic heterocycles. The first-order valence-corrected chi connectivity index (χ1v) is 6.47. The number of aromatic nitrogens is 2. The molecule has 0 bridgehead atoms. The van der Waals surface area contributed by atoms with Crippen LogP contribution in [0.5, 0.6) is 0 Å². The number of nitrogens with two attached hydrogens (primary N) is 1. The van der Waals surface area contributed by atoms with E-state index in [1.807, 2.05) is 0 Å². The fourth-order valence-corrected chi connectivity index (χ4v) is 3.22. The second kappa shape index (κ2) is 5.30. The maximum absolute atomic E-state index is 7.46. The summed E-state index contributed by atoms with van der Waals surface area (Å²) in [5.41, 5.74) is 6.01. The van der Waals surface area contributed by atoms with E-state index < -0.39 is 0 Å². The zero-order valence-electron chi connectivity index (χ0n) is 9.15. The summed E-state index contributed by atoms with van der Waals surface area (Å²) < 4.78 is 0. The minimum Gasteiger partial charge on any atom is -0.382 e. The highest BCUT2D eigenvalue weighted by atomic mass is 32.2. The number of nitrogens with zero attached hydrogens (tertiary/aromatic N) is 2. The molecule has 1 aromatic rings. The van der Waals surface area contributed by atoms with Crippen LogP contribution >= 0.6 is 11.8 Å². The van der Waals surface area contributed by atoms with Gasteiger partial charge in [-0.25, -0.2) is 9.97 Å². The topological polar surface area (TPSA) is 75.7 Å². The van der Waals surface area contributed by atoms with Crippen LogP contribution in [0, 0.1) is 5.41 Å². The Kier molecular flexibility index (Phi) is 3.77. The number of amidine groups is 1. The van der Waals surface area contributed by atoms with Gasteiger partial charge in [-0.1, -0.05) is 19.3 Å². The van der Waals surface area contributed by atoms with Crippen molar-refractivity contribution in [2.75, 3.05) is 0 Å². The lowest BCUT2D eigenvalue weighted by atomic mass is 10.0. The zero-order valence-corrected chi connectivity index (χ0v) is 9.96. The van der Waals surface area contributed by atoms with Crippen molar-refractivity contribution >= 4 is 17.6 Å². The fourth-order valence-electron chi connectivity index (χ4n) is 1.94. The smallest absolute Gasteiger partial charge is 0.144 e. The molecule has 1 fully saturated rings. The molecule has 2 rings (SSSR count). The highest BCUT2D eigenvalue weighted by Gasteiger charge is 2.18. The van der Waals surface area contributed by atoms with E-state index in [-0.39, 0.29) is 5.84 Å². The standard InChI is InChI=1S/C11H16N4S/c12-10(13)9-11(15-7-6-14-9)16-8-4-2-1-3-5-8/h6-8H,1-5H2,(H3,12,13). The molecule has 5 heteroatoms. The molecular weight excluding hydrogens is 220 g/mol. The maximum atomic E-state index is 7.46. The first-order chi connectivity index (χ1) is 7.77. The van der Waals surface area contributed by atoms with Crippen LogP contribution in [-0.2, 0) is 0 Å². The maximum Gasteiger partial charge on any atom is 0.144 e. The van der Waals surface area contributed by atoms with Crippen molar-refractivity contribution < 1.29 is 0 Å². The van der Waals surface area contributed by atoms with Crippen molar-refractivity contribution in [2.45, 2.75) is 42.4 Å². The van der Waals surface area contributed by atoms with Gasteiger partial charge in [-0.3, -0.25) is 5.41 Å². The number of nitrogens with one attached hydrogen (secondary N) is 1. The Morgan fingerprint density at radius 1 is 1.25 bits per heavy atom. The van der Waals surface area contributed by atoms with E-state index in [1.54, 1.807) is 24.2 Å². The van der Waals surface area contributed by atoms with Crippen molar-refractivity contribution in [2.24, 2.45) is 5.73 Å². The molecule has 1 saturated carbocycles. The normalized spacial score (nSPS) is 17.2. The lowest BCUT2D eigenvalue weighted by molar-refractivity contribution is 0.515. The Balaban J connectivity index is 2.10. The van der Waals surface area contributed by atoms with Gasteiger partial charge < -0.3 is 5.73 Å². The molecule has 0 aromatic carbocycles. The molecule has 1 aliphatic rings. The van der Waals surface area contributed by atoms with E-state index in [0.717, 1.165) is 5.03 Å². The Labute approximate surface area is 99.6 Å². The molecule has 0 atom stereocenters. The van der Waals surface area contributed by atoms with Crippen molar-refractivity contribution in [1.82, 2.24) is 9.97 Å². The zero-order chi connectivity index (χ0) is 11.4. The average molecular weight is 236 g/mol. The van der Waals surface area contributed by atoms with E-state index in [4.69, 9.17) is 11.1 Å². The Morgan fingerprint density at radius 2 is 1.94 bits per heavy atom. The summed E-state index contributed by atoms with van der Waals surface area (Å²) in [5.74, 6) is 0.00593. The lowest BCUT2D eigenvalue weighted by Crippen LogP contribution is -2.16. The third-order valence-corrected chi connectivity index (χ3v) is 4.08. The minimum atomic E-state index is 0.00593. The number of thioether (sulfide) groups is 1. The molecular formula is C11H16N4S. The first-order valence-electron chi connectivity index (χ1n) is 5.59. The summed E-state index contributed by atoms with van der Waals surface area (Å²) in [6, 6.07) is 0. The van der Waals surface area contributed by atoms with E-state index in [0.29, 0.717) is 10.9 Å². The summed E-state index contributed by atoms with van der Waals surface area (Å²) in [4.78, 5) is 8.38. The molecule has 0 aliphatic heterocycles. The molecule has 1 heterocycles. The second-order valence-electron chi connectivity index (χ2n) is 4.00. The van der Waals surface area contributed by atoms with E-state index in [9.17, 15) is 0 Å². The van der Waals surface area contributed by atoms with Gasteiger partial charge in [-0.05, 0) is 12.8 Å². The van der Waals surface area contributed by atoms with Crippen LogP contribution in [0.4, 0.5) is 0 Å². The van der Waals surface area contributed by atoms with Gasteiger partial charge in [0.05, 0.1) is 0 Å². The quantitative estimate of drug-likeness (QED) is 0.623. The number of rotatable bonds is 3. The molecule has 0 amide bonds. The molecule has 0 saturated heterocycles. The van der Waals surface area contributed by atoms with Gasteiger partial charge in [0.15, 0.2) is 0 Å². The van der Waals surface area contributed by atoms with Crippen LogP contribution in [0.25, 0.3) is 0 Å². The first kappa shape index (κ1) is 11.4. The van der Waals surface area contributed by atoms with Crippen molar-refractivity contribution in [1.29, 1.82) is 5.41 Å². The summed E-state index contributed by atoms with van der Waals surface area (Å²) in [7, 11) is 0. The summed E-state index contributed by atoms with van der Waals surface area (Å²) in [5, 5.41) is 8.88. The van der Waals surface area contributed by atoms with E-state index in [1.165, 1.54) is 32.1 Å². The van der Waals surface area contributed by atoms with E-state index in [2.05, 4.69) is 9.97 Å². The molecule has 0 unspecified atom stereocenters. The molecule has 86 valence electrons. The molecule has 16 heavy (non-hydrogen) atoms. The predicted octanol–water partition coefficient (Wildman–Crippen LogP) is 2.19. The Hall–Kier alpha value is -1.10. The average Bonchev–Trinajstić information content (AvgIpc) is 2.31. The Morgan fingerprint density at radius 3 is 2.62 bits per heavy atom. The number of hydrogen-bond acceptors (Lipinski definition) is 4. The van der Waals surface area contributed by atoms with Gasteiger partial charge in [0.2, 0.25) is 0 Å².